The molecule has 0 radical (unpaired) electrons. The zero-order chi connectivity index (χ0) is 20.9. The van der Waals surface area contributed by atoms with Crippen LogP contribution >= 0.6 is 37.2 Å². The smallest absolute Gasteiger partial charge is 0.143 e. The number of piperidine rings is 1. The molecule has 3 aliphatic rings. The molecule has 9 heteroatoms. The van der Waals surface area contributed by atoms with E-state index in [1.807, 2.05) is 0 Å². The monoisotopic (exact) mass is 517 g/mol. The van der Waals surface area contributed by atoms with Crippen LogP contribution in [0.5, 0.6) is 0 Å². The molecule has 1 saturated heterocycles. The zero-order valence-electron chi connectivity index (χ0n) is 19.4. The lowest BCUT2D eigenvalue weighted by atomic mass is 9.73. The number of aromatic nitrogens is 2. The molecule has 1 aromatic carbocycles. The quantitative estimate of drug-likeness (QED) is 0.557. The lowest BCUT2D eigenvalue weighted by Crippen LogP contribution is -2.43. The van der Waals surface area contributed by atoms with Gasteiger partial charge in [0, 0.05) is 35.8 Å². The van der Waals surface area contributed by atoms with Crippen LogP contribution in [0.25, 0.3) is 0 Å². The van der Waals surface area contributed by atoms with Crippen LogP contribution < -0.4 is 15.5 Å². The first-order valence-electron chi connectivity index (χ1n) is 11.3. The van der Waals surface area contributed by atoms with Gasteiger partial charge in [0.1, 0.15) is 18.3 Å². The van der Waals surface area contributed by atoms with Crippen LogP contribution in [-0.2, 0) is 12.0 Å². The molecule has 2 aliphatic heterocycles. The lowest BCUT2D eigenvalue weighted by molar-refractivity contribution is 0.326. The van der Waals surface area contributed by atoms with E-state index in [0.717, 1.165) is 50.4 Å². The van der Waals surface area contributed by atoms with E-state index in [1.54, 1.807) is 6.33 Å². The van der Waals surface area contributed by atoms with Crippen LogP contribution in [0.2, 0.25) is 0 Å². The molecule has 0 saturated carbocycles. The molecular weight excluding hydrogens is 484 g/mol. The molecule has 0 amide bonds. The number of rotatable bonds is 4. The van der Waals surface area contributed by atoms with Crippen molar-refractivity contribution in [2.45, 2.75) is 70.1 Å². The van der Waals surface area contributed by atoms with E-state index in [-0.39, 0.29) is 48.6 Å². The van der Waals surface area contributed by atoms with Gasteiger partial charge < -0.3 is 15.5 Å². The highest BCUT2D eigenvalue weighted by molar-refractivity contribution is 5.86. The predicted octanol–water partition coefficient (Wildman–Crippen LogP) is 5.53. The summed E-state index contributed by atoms with van der Waals surface area (Å²) in [6.45, 7) is 10.3. The molecule has 33 heavy (non-hydrogen) atoms. The van der Waals surface area contributed by atoms with Gasteiger partial charge in [-0.2, -0.15) is 0 Å². The second kappa shape index (κ2) is 11.0. The van der Waals surface area contributed by atoms with Crippen LogP contribution in [0.1, 0.15) is 74.5 Å². The van der Waals surface area contributed by atoms with Crippen molar-refractivity contribution in [3.63, 3.8) is 0 Å². The number of anilines is 2. The van der Waals surface area contributed by atoms with Crippen molar-refractivity contribution < 1.29 is 4.39 Å². The number of hydrogen-bond donors (Lipinski definition) is 2. The molecule has 184 valence electrons. The second-order valence-electron chi connectivity index (χ2n) is 9.56. The summed E-state index contributed by atoms with van der Waals surface area (Å²) in [6.07, 6.45) is 3.31. The van der Waals surface area contributed by atoms with Crippen molar-refractivity contribution in [1.29, 1.82) is 0 Å². The Morgan fingerprint density at radius 1 is 1.18 bits per heavy atom. The molecule has 1 aromatic heterocycles. The van der Waals surface area contributed by atoms with Crippen molar-refractivity contribution in [2.75, 3.05) is 24.5 Å². The van der Waals surface area contributed by atoms with E-state index in [2.05, 4.69) is 59.5 Å². The Balaban J connectivity index is 0.00000128. The van der Waals surface area contributed by atoms with Crippen molar-refractivity contribution in [1.82, 2.24) is 20.6 Å². The number of alkyl halides is 1. The fourth-order valence-corrected chi connectivity index (χ4v) is 5.73. The maximum absolute atomic E-state index is 14.6. The molecule has 3 heterocycles. The molecule has 2 unspecified atom stereocenters. The fourth-order valence-electron chi connectivity index (χ4n) is 5.73. The third-order valence-electron chi connectivity index (χ3n) is 7.17. The first-order chi connectivity index (χ1) is 14.5. The van der Waals surface area contributed by atoms with Gasteiger partial charge in [-0.15, -0.1) is 37.2 Å². The minimum atomic E-state index is -0.978. The van der Waals surface area contributed by atoms with Crippen LogP contribution in [0, 0.1) is 0 Å². The number of benzene rings is 1. The topological polar surface area (TPSA) is 53.1 Å². The molecule has 0 bridgehead atoms. The molecule has 1 fully saturated rings. The molecule has 2 atom stereocenters. The number of fused-ring (bicyclic) bond motifs is 3. The van der Waals surface area contributed by atoms with E-state index in [0.29, 0.717) is 18.2 Å². The standard InChI is InChI=1S/C24H32FN5.3ClH/c1-15(2)27-12-17-5-4-6-19-21(17)24(7-9-26-10-8-24)13-30(19)23-20-16(3)11-18(25)22(20)28-14-29-23;;;/h4-6,14-16,18,26-27H,7-13H2,1-3H3;3*1H. The van der Waals surface area contributed by atoms with Crippen LogP contribution in [0.3, 0.4) is 0 Å². The number of nitrogens with one attached hydrogen (secondary N) is 2. The normalized spacial score (nSPS) is 22.3. The molecule has 2 aromatic rings. The summed E-state index contributed by atoms with van der Waals surface area (Å²) in [7, 11) is 0. The van der Waals surface area contributed by atoms with Gasteiger partial charge in [-0.05, 0) is 55.5 Å². The summed E-state index contributed by atoms with van der Waals surface area (Å²) in [5, 5.41) is 7.15. The summed E-state index contributed by atoms with van der Waals surface area (Å²) in [5.74, 6) is 1.06. The highest BCUT2D eigenvalue weighted by atomic mass is 35.5. The third-order valence-corrected chi connectivity index (χ3v) is 7.17. The Hall–Kier alpha value is -1.18. The minimum Gasteiger partial charge on any atom is -0.325 e. The summed E-state index contributed by atoms with van der Waals surface area (Å²) in [6, 6.07) is 7.10. The third kappa shape index (κ3) is 4.83. The van der Waals surface area contributed by atoms with Crippen LogP contribution in [0.15, 0.2) is 24.5 Å². The highest BCUT2D eigenvalue weighted by Gasteiger charge is 2.47. The average Bonchev–Trinajstić information content (AvgIpc) is 3.22. The highest BCUT2D eigenvalue weighted by Crippen LogP contribution is 2.53. The van der Waals surface area contributed by atoms with Crippen LogP contribution in [-0.4, -0.2) is 35.6 Å². The van der Waals surface area contributed by atoms with Gasteiger partial charge in [0.05, 0.1) is 5.69 Å². The van der Waals surface area contributed by atoms with Gasteiger partial charge in [0.25, 0.3) is 0 Å². The molecule has 5 nitrogen and oxygen atoms in total. The van der Waals surface area contributed by atoms with Crippen molar-refractivity contribution in [3.05, 3.63) is 46.9 Å². The maximum Gasteiger partial charge on any atom is 0.143 e. The Morgan fingerprint density at radius 2 is 1.91 bits per heavy atom. The van der Waals surface area contributed by atoms with E-state index in [1.165, 1.54) is 16.8 Å². The zero-order valence-corrected chi connectivity index (χ0v) is 21.9. The molecule has 1 spiro atoms. The van der Waals surface area contributed by atoms with Gasteiger partial charge in [0.2, 0.25) is 0 Å². The Kier molecular flexibility index (Phi) is 9.39. The van der Waals surface area contributed by atoms with Crippen molar-refractivity contribution in [3.8, 4) is 0 Å². The SMILES string of the molecule is CC(C)NCc1cccc2c1C1(CCNCC1)CN2c1ncnc2c1C(C)CC2F.Cl.Cl.Cl. The van der Waals surface area contributed by atoms with Crippen LogP contribution in [0.4, 0.5) is 15.9 Å². The number of hydrogen-bond acceptors (Lipinski definition) is 5. The van der Waals surface area contributed by atoms with E-state index >= 15 is 0 Å². The van der Waals surface area contributed by atoms with Crippen molar-refractivity contribution >= 4 is 48.7 Å². The van der Waals surface area contributed by atoms with Gasteiger partial charge >= 0.3 is 0 Å². The van der Waals surface area contributed by atoms with Gasteiger partial charge in [-0.1, -0.05) is 32.9 Å². The number of halogens is 4. The minimum absolute atomic E-state index is 0. The lowest BCUT2D eigenvalue weighted by Gasteiger charge is -2.36. The predicted molar refractivity (Wildman–Crippen MR) is 140 cm³/mol. The Morgan fingerprint density at radius 3 is 2.61 bits per heavy atom. The maximum atomic E-state index is 14.6. The summed E-state index contributed by atoms with van der Waals surface area (Å²) in [5.41, 5.74) is 5.81. The first kappa shape index (κ1) is 28.1. The van der Waals surface area contributed by atoms with Gasteiger partial charge in [-0.3, -0.25) is 0 Å². The fraction of sp³-hybridized carbons (Fsp3) is 0.583. The average molecular weight is 519 g/mol. The summed E-state index contributed by atoms with van der Waals surface area (Å²) < 4.78 is 14.6. The molecule has 2 N–H and O–H groups in total. The van der Waals surface area contributed by atoms with E-state index in [9.17, 15) is 4.39 Å². The summed E-state index contributed by atoms with van der Waals surface area (Å²) in [4.78, 5) is 11.4. The van der Waals surface area contributed by atoms with Gasteiger partial charge in [-0.25, -0.2) is 14.4 Å². The van der Waals surface area contributed by atoms with E-state index in [4.69, 9.17) is 4.98 Å². The Bertz CT molecular complexity index is 952. The molecule has 5 rings (SSSR count). The molecular formula is C24H35Cl3FN5. The molecule has 1 aliphatic carbocycles. The van der Waals surface area contributed by atoms with Crippen molar-refractivity contribution in [2.24, 2.45) is 0 Å². The first-order valence-corrected chi connectivity index (χ1v) is 11.3. The largest absolute Gasteiger partial charge is 0.325 e. The Labute approximate surface area is 215 Å². The number of nitrogens with zero attached hydrogens (tertiary/aromatic N) is 3. The summed E-state index contributed by atoms with van der Waals surface area (Å²) >= 11 is 0. The second-order valence-corrected chi connectivity index (χ2v) is 9.56. The van der Waals surface area contributed by atoms with Gasteiger partial charge in [0.15, 0.2) is 0 Å². The van der Waals surface area contributed by atoms with E-state index < -0.39 is 6.17 Å².